The van der Waals surface area contributed by atoms with Crippen molar-refractivity contribution in [3.63, 3.8) is 0 Å². The quantitative estimate of drug-likeness (QED) is 0.903. The maximum absolute atomic E-state index is 12.3. The van der Waals surface area contributed by atoms with Crippen molar-refractivity contribution >= 4 is 11.6 Å². The molecule has 0 saturated heterocycles. The third-order valence-corrected chi connectivity index (χ3v) is 3.76. The maximum atomic E-state index is 12.3. The zero-order valence-corrected chi connectivity index (χ0v) is 14.3. The largest absolute Gasteiger partial charge is 0.497 e. The van der Waals surface area contributed by atoms with E-state index >= 15 is 0 Å². The molecule has 1 amide bonds. The topological polar surface area (TPSA) is 66.0 Å². The lowest BCUT2D eigenvalue weighted by Gasteiger charge is -2.16. The molecule has 0 radical (unpaired) electrons. The maximum Gasteiger partial charge on any atom is 0.265 e. The van der Waals surface area contributed by atoms with Crippen LogP contribution in [0.1, 0.15) is 13.3 Å². The smallest absolute Gasteiger partial charge is 0.265 e. The normalized spacial score (nSPS) is 14.2. The van der Waals surface area contributed by atoms with Crippen molar-refractivity contribution in [2.24, 2.45) is 0 Å². The highest BCUT2D eigenvalue weighted by molar-refractivity contribution is 5.94. The molecule has 2 aromatic carbocycles. The van der Waals surface area contributed by atoms with Gasteiger partial charge in [0.25, 0.3) is 5.91 Å². The Labute approximate surface area is 146 Å². The summed E-state index contributed by atoms with van der Waals surface area (Å²) in [4.78, 5) is 12.3. The standard InChI is InChI=1S/C19H21NO5/c1-13(25-16-7-5-15(22-2)6-8-16)19(21)20-14-4-9-17-18(12-14)24-11-3-10-23-17/h4-9,12-13H,3,10-11H2,1-2H3,(H,20,21). The van der Waals surface area contributed by atoms with Crippen LogP contribution in [-0.4, -0.2) is 32.3 Å². The highest BCUT2D eigenvalue weighted by Gasteiger charge is 2.17. The van der Waals surface area contributed by atoms with Crippen molar-refractivity contribution in [3.8, 4) is 23.0 Å². The molecule has 1 unspecified atom stereocenters. The van der Waals surface area contributed by atoms with Crippen LogP contribution in [0.5, 0.6) is 23.0 Å². The molecule has 0 fully saturated rings. The molecular weight excluding hydrogens is 322 g/mol. The van der Waals surface area contributed by atoms with E-state index in [-0.39, 0.29) is 5.91 Å². The Balaban J connectivity index is 1.61. The van der Waals surface area contributed by atoms with E-state index in [2.05, 4.69) is 5.32 Å². The summed E-state index contributed by atoms with van der Waals surface area (Å²) >= 11 is 0. The molecular formula is C19H21NO5. The molecule has 0 spiro atoms. The molecule has 6 heteroatoms. The van der Waals surface area contributed by atoms with Gasteiger partial charge in [-0.05, 0) is 43.3 Å². The van der Waals surface area contributed by atoms with Crippen molar-refractivity contribution in [3.05, 3.63) is 42.5 Å². The molecule has 0 aromatic heterocycles. The van der Waals surface area contributed by atoms with Gasteiger partial charge in [-0.1, -0.05) is 0 Å². The van der Waals surface area contributed by atoms with Crippen LogP contribution in [0.2, 0.25) is 0 Å². The number of carbonyl (C=O) groups is 1. The summed E-state index contributed by atoms with van der Waals surface area (Å²) < 4.78 is 22.0. The van der Waals surface area contributed by atoms with E-state index in [1.807, 2.05) is 0 Å². The van der Waals surface area contributed by atoms with Crippen molar-refractivity contribution in [2.75, 3.05) is 25.6 Å². The number of anilines is 1. The molecule has 132 valence electrons. The molecule has 1 aliphatic rings. The van der Waals surface area contributed by atoms with Gasteiger partial charge < -0.3 is 24.3 Å². The second kappa shape index (κ2) is 7.79. The van der Waals surface area contributed by atoms with E-state index in [4.69, 9.17) is 18.9 Å². The average Bonchev–Trinajstić information content (AvgIpc) is 2.87. The van der Waals surface area contributed by atoms with E-state index < -0.39 is 6.10 Å². The highest BCUT2D eigenvalue weighted by atomic mass is 16.5. The lowest BCUT2D eigenvalue weighted by Crippen LogP contribution is -2.30. The first kappa shape index (κ1) is 17.0. The van der Waals surface area contributed by atoms with Crippen LogP contribution in [0.3, 0.4) is 0 Å². The molecule has 1 aliphatic heterocycles. The van der Waals surface area contributed by atoms with Crippen molar-refractivity contribution < 1.29 is 23.7 Å². The number of benzene rings is 2. The number of nitrogens with one attached hydrogen (secondary N) is 1. The third-order valence-electron chi connectivity index (χ3n) is 3.76. The molecule has 0 aliphatic carbocycles. The minimum Gasteiger partial charge on any atom is -0.497 e. The van der Waals surface area contributed by atoms with Crippen molar-refractivity contribution in [1.29, 1.82) is 0 Å². The van der Waals surface area contributed by atoms with Crippen LogP contribution < -0.4 is 24.3 Å². The summed E-state index contributed by atoms with van der Waals surface area (Å²) in [7, 11) is 1.60. The number of amides is 1. The summed E-state index contributed by atoms with van der Waals surface area (Å²) in [5.41, 5.74) is 0.638. The molecule has 0 saturated carbocycles. The fourth-order valence-corrected chi connectivity index (χ4v) is 2.40. The predicted octanol–water partition coefficient (Wildman–Crippen LogP) is 3.26. The van der Waals surface area contributed by atoms with Crippen LogP contribution >= 0.6 is 0 Å². The predicted molar refractivity (Wildman–Crippen MR) is 93.8 cm³/mol. The number of hydrogen-bond donors (Lipinski definition) is 1. The Morgan fingerprint density at radius 3 is 2.44 bits per heavy atom. The Kier molecular flexibility index (Phi) is 5.28. The zero-order chi connectivity index (χ0) is 17.6. The number of fused-ring (bicyclic) bond motifs is 1. The average molecular weight is 343 g/mol. The van der Waals surface area contributed by atoms with E-state index in [9.17, 15) is 4.79 Å². The number of methoxy groups -OCH3 is 1. The molecule has 1 N–H and O–H groups in total. The lowest BCUT2D eigenvalue weighted by molar-refractivity contribution is -0.122. The minimum atomic E-state index is -0.649. The van der Waals surface area contributed by atoms with Gasteiger partial charge in [0.2, 0.25) is 0 Å². The molecule has 1 heterocycles. The van der Waals surface area contributed by atoms with Gasteiger partial charge in [-0.3, -0.25) is 4.79 Å². The van der Waals surface area contributed by atoms with Crippen LogP contribution in [0.25, 0.3) is 0 Å². The van der Waals surface area contributed by atoms with E-state index in [1.165, 1.54) is 0 Å². The second-order valence-corrected chi connectivity index (χ2v) is 5.64. The van der Waals surface area contributed by atoms with Crippen LogP contribution in [0.15, 0.2) is 42.5 Å². The third kappa shape index (κ3) is 4.35. The van der Waals surface area contributed by atoms with Crippen LogP contribution in [0, 0.1) is 0 Å². The summed E-state index contributed by atoms with van der Waals surface area (Å²) in [6.07, 6.45) is 0.188. The fourth-order valence-electron chi connectivity index (χ4n) is 2.40. The monoisotopic (exact) mass is 343 g/mol. The van der Waals surface area contributed by atoms with E-state index in [0.717, 1.165) is 12.2 Å². The molecule has 3 rings (SSSR count). The second-order valence-electron chi connectivity index (χ2n) is 5.64. The van der Waals surface area contributed by atoms with Crippen LogP contribution in [-0.2, 0) is 4.79 Å². The van der Waals surface area contributed by atoms with Gasteiger partial charge >= 0.3 is 0 Å². The minimum absolute atomic E-state index is 0.245. The summed E-state index contributed by atoms with van der Waals surface area (Å²) in [6, 6.07) is 12.4. The van der Waals surface area contributed by atoms with Gasteiger partial charge in [-0.25, -0.2) is 0 Å². The van der Waals surface area contributed by atoms with Crippen molar-refractivity contribution in [1.82, 2.24) is 0 Å². The van der Waals surface area contributed by atoms with Gasteiger partial charge in [0.15, 0.2) is 17.6 Å². The molecule has 1 atom stereocenters. The first-order chi connectivity index (χ1) is 12.2. The summed E-state index contributed by atoms with van der Waals surface area (Å²) in [6.45, 7) is 2.93. The van der Waals surface area contributed by atoms with Gasteiger partial charge in [-0.2, -0.15) is 0 Å². The van der Waals surface area contributed by atoms with Gasteiger partial charge in [0.1, 0.15) is 11.5 Å². The Morgan fingerprint density at radius 1 is 1.04 bits per heavy atom. The number of rotatable bonds is 5. The van der Waals surface area contributed by atoms with Gasteiger partial charge in [0, 0.05) is 18.2 Å². The Morgan fingerprint density at radius 2 is 1.72 bits per heavy atom. The first-order valence-electron chi connectivity index (χ1n) is 8.17. The number of ether oxygens (including phenoxy) is 4. The van der Waals surface area contributed by atoms with Crippen molar-refractivity contribution in [2.45, 2.75) is 19.4 Å². The molecule has 25 heavy (non-hydrogen) atoms. The number of hydrogen-bond acceptors (Lipinski definition) is 5. The van der Waals surface area contributed by atoms with E-state index in [0.29, 0.717) is 36.1 Å². The van der Waals surface area contributed by atoms with Gasteiger partial charge in [0.05, 0.1) is 20.3 Å². The highest BCUT2D eigenvalue weighted by Crippen LogP contribution is 2.32. The zero-order valence-electron chi connectivity index (χ0n) is 14.3. The molecule has 6 nitrogen and oxygen atoms in total. The molecule has 0 bridgehead atoms. The SMILES string of the molecule is COc1ccc(OC(C)C(=O)Nc2ccc3c(c2)OCCCO3)cc1. The summed E-state index contributed by atoms with van der Waals surface area (Å²) in [5.74, 6) is 2.42. The van der Waals surface area contributed by atoms with E-state index in [1.54, 1.807) is 56.5 Å². The summed E-state index contributed by atoms with van der Waals surface area (Å²) in [5, 5.41) is 2.83. The molecule has 2 aromatic rings. The number of carbonyl (C=O) groups excluding carboxylic acids is 1. The van der Waals surface area contributed by atoms with Crippen LogP contribution in [0.4, 0.5) is 5.69 Å². The Hall–Kier alpha value is -2.89. The Bertz CT molecular complexity index is 729. The first-order valence-corrected chi connectivity index (χ1v) is 8.17. The lowest BCUT2D eigenvalue weighted by atomic mass is 10.2. The fraction of sp³-hybridized carbons (Fsp3) is 0.316. The van der Waals surface area contributed by atoms with Gasteiger partial charge in [-0.15, -0.1) is 0 Å².